The van der Waals surface area contributed by atoms with Gasteiger partial charge in [0, 0.05) is 18.2 Å². The highest BCUT2D eigenvalue weighted by molar-refractivity contribution is 5.74. The van der Waals surface area contributed by atoms with Crippen LogP contribution in [0.15, 0.2) is 30.3 Å². The summed E-state index contributed by atoms with van der Waals surface area (Å²) in [6, 6.07) is 9.45. The van der Waals surface area contributed by atoms with Crippen molar-refractivity contribution in [2.24, 2.45) is 5.92 Å². The number of rotatable bonds is 6. The molecule has 0 fully saturated rings. The Morgan fingerprint density at radius 2 is 2.12 bits per heavy atom. The first-order chi connectivity index (χ1) is 7.72. The van der Waals surface area contributed by atoms with E-state index >= 15 is 0 Å². The molecule has 0 aromatic heterocycles. The Bertz CT molecular complexity index is 313. The van der Waals surface area contributed by atoms with Gasteiger partial charge in [0.1, 0.15) is 6.54 Å². The number of aliphatic hydroxyl groups is 1. The summed E-state index contributed by atoms with van der Waals surface area (Å²) in [5.41, 5.74) is 0.884. The lowest BCUT2D eigenvalue weighted by atomic mass is 10.2. The third kappa shape index (κ3) is 4.79. The number of nitrogens with one attached hydrogen (secondary N) is 1. The van der Waals surface area contributed by atoms with Crippen LogP contribution >= 0.6 is 0 Å². The Morgan fingerprint density at radius 1 is 1.44 bits per heavy atom. The number of ether oxygens (including phenoxy) is 1. The number of para-hydroxylation sites is 1. The van der Waals surface area contributed by atoms with E-state index in [-0.39, 0.29) is 31.6 Å². The van der Waals surface area contributed by atoms with Crippen molar-refractivity contribution >= 4 is 11.7 Å². The molecule has 0 saturated heterocycles. The summed E-state index contributed by atoms with van der Waals surface area (Å²) in [5.74, 6) is -0.329. The molecule has 16 heavy (non-hydrogen) atoms. The van der Waals surface area contributed by atoms with E-state index in [0.717, 1.165) is 5.69 Å². The van der Waals surface area contributed by atoms with Crippen molar-refractivity contribution in [1.82, 2.24) is 0 Å². The highest BCUT2D eigenvalue weighted by Gasteiger charge is 2.05. The van der Waals surface area contributed by atoms with Crippen molar-refractivity contribution in [2.75, 3.05) is 25.1 Å². The first kappa shape index (κ1) is 12.5. The second-order valence-corrected chi connectivity index (χ2v) is 3.69. The summed E-state index contributed by atoms with van der Waals surface area (Å²) >= 11 is 0. The molecule has 1 aromatic carbocycles. The molecule has 0 heterocycles. The summed E-state index contributed by atoms with van der Waals surface area (Å²) in [7, 11) is 0. The number of carbonyl (C=O) groups excluding carboxylic acids is 1. The summed E-state index contributed by atoms with van der Waals surface area (Å²) in [6.07, 6.45) is 0. The SMILES string of the molecule is CC(CO)COC(=O)CNc1ccccc1. The molecule has 0 spiro atoms. The van der Waals surface area contributed by atoms with Gasteiger partial charge in [-0.25, -0.2) is 0 Å². The third-order valence-electron chi connectivity index (χ3n) is 2.05. The number of anilines is 1. The fourth-order valence-corrected chi connectivity index (χ4v) is 1.07. The van der Waals surface area contributed by atoms with Crippen LogP contribution in [-0.4, -0.2) is 30.8 Å². The van der Waals surface area contributed by atoms with Crippen molar-refractivity contribution in [3.05, 3.63) is 30.3 Å². The molecule has 1 aromatic rings. The Kier molecular flexibility index (Phi) is 5.36. The minimum atomic E-state index is -0.316. The van der Waals surface area contributed by atoms with Crippen LogP contribution in [0.4, 0.5) is 5.69 Å². The quantitative estimate of drug-likeness (QED) is 0.713. The molecule has 0 radical (unpaired) electrons. The Morgan fingerprint density at radius 3 is 2.75 bits per heavy atom. The molecule has 4 heteroatoms. The molecule has 1 rings (SSSR count). The number of benzene rings is 1. The maximum absolute atomic E-state index is 11.3. The first-order valence-electron chi connectivity index (χ1n) is 5.27. The van der Waals surface area contributed by atoms with E-state index in [1.165, 1.54) is 0 Å². The summed E-state index contributed by atoms with van der Waals surface area (Å²) in [6.45, 7) is 2.24. The van der Waals surface area contributed by atoms with Gasteiger partial charge in [-0.2, -0.15) is 0 Å². The van der Waals surface area contributed by atoms with E-state index in [9.17, 15) is 4.79 Å². The maximum Gasteiger partial charge on any atom is 0.325 e. The molecule has 0 aliphatic carbocycles. The van der Waals surface area contributed by atoms with Gasteiger partial charge in [0.15, 0.2) is 0 Å². The number of aliphatic hydroxyl groups excluding tert-OH is 1. The zero-order valence-corrected chi connectivity index (χ0v) is 9.35. The Hall–Kier alpha value is -1.55. The van der Waals surface area contributed by atoms with Crippen LogP contribution in [0.2, 0.25) is 0 Å². The minimum Gasteiger partial charge on any atom is -0.464 e. The first-order valence-corrected chi connectivity index (χ1v) is 5.27. The molecular weight excluding hydrogens is 206 g/mol. The lowest BCUT2D eigenvalue weighted by molar-refractivity contribution is -0.143. The third-order valence-corrected chi connectivity index (χ3v) is 2.05. The molecule has 4 nitrogen and oxygen atoms in total. The fraction of sp³-hybridized carbons (Fsp3) is 0.417. The molecule has 0 saturated carbocycles. The van der Waals surface area contributed by atoms with Gasteiger partial charge in [0.25, 0.3) is 0 Å². The summed E-state index contributed by atoms with van der Waals surface area (Å²) in [4.78, 5) is 11.3. The van der Waals surface area contributed by atoms with Gasteiger partial charge in [-0.3, -0.25) is 4.79 Å². The Balaban J connectivity index is 2.20. The Labute approximate surface area is 95.2 Å². The summed E-state index contributed by atoms with van der Waals surface area (Å²) < 4.78 is 4.95. The number of hydrogen-bond donors (Lipinski definition) is 2. The van der Waals surface area contributed by atoms with Crippen molar-refractivity contribution in [1.29, 1.82) is 0 Å². The number of hydrogen-bond acceptors (Lipinski definition) is 4. The smallest absolute Gasteiger partial charge is 0.325 e. The van der Waals surface area contributed by atoms with E-state index in [4.69, 9.17) is 9.84 Å². The molecule has 0 bridgehead atoms. The predicted octanol–water partition coefficient (Wildman–Crippen LogP) is 1.27. The lowest BCUT2D eigenvalue weighted by Gasteiger charge is -2.10. The maximum atomic E-state index is 11.3. The van der Waals surface area contributed by atoms with E-state index < -0.39 is 0 Å². The minimum absolute atomic E-state index is 0.0133. The van der Waals surface area contributed by atoms with Crippen LogP contribution in [0, 0.1) is 5.92 Å². The topological polar surface area (TPSA) is 58.6 Å². The second kappa shape index (κ2) is 6.85. The van der Waals surface area contributed by atoms with Gasteiger partial charge in [0.2, 0.25) is 0 Å². The van der Waals surface area contributed by atoms with Crippen molar-refractivity contribution in [3.8, 4) is 0 Å². The zero-order chi connectivity index (χ0) is 11.8. The monoisotopic (exact) mass is 223 g/mol. The van der Waals surface area contributed by atoms with E-state index in [2.05, 4.69) is 5.32 Å². The van der Waals surface area contributed by atoms with Crippen LogP contribution in [0.5, 0.6) is 0 Å². The van der Waals surface area contributed by atoms with Gasteiger partial charge in [-0.15, -0.1) is 0 Å². The number of carbonyl (C=O) groups is 1. The fourth-order valence-electron chi connectivity index (χ4n) is 1.07. The molecule has 88 valence electrons. The van der Waals surface area contributed by atoms with Gasteiger partial charge in [-0.05, 0) is 12.1 Å². The van der Waals surface area contributed by atoms with Gasteiger partial charge in [0.05, 0.1) is 6.61 Å². The molecule has 1 unspecified atom stereocenters. The van der Waals surface area contributed by atoms with Crippen LogP contribution < -0.4 is 5.32 Å². The van der Waals surface area contributed by atoms with E-state index in [1.54, 1.807) is 0 Å². The average Bonchev–Trinajstić information content (AvgIpc) is 2.34. The predicted molar refractivity (Wildman–Crippen MR) is 62.1 cm³/mol. The van der Waals surface area contributed by atoms with E-state index in [0.29, 0.717) is 0 Å². The van der Waals surface area contributed by atoms with Crippen LogP contribution in [0.3, 0.4) is 0 Å². The standard InChI is InChI=1S/C12H17NO3/c1-10(8-14)9-16-12(15)7-13-11-5-3-2-4-6-11/h2-6,10,13-14H,7-9H2,1H3. The van der Waals surface area contributed by atoms with Gasteiger partial charge in [-0.1, -0.05) is 25.1 Å². The molecule has 2 N–H and O–H groups in total. The second-order valence-electron chi connectivity index (χ2n) is 3.69. The highest BCUT2D eigenvalue weighted by atomic mass is 16.5. The van der Waals surface area contributed by atoms with Crippen LogP contribution in [0.25, 0.3) is 0 Å². The van der Waals surface area contributed by atoms with Crippen molar-refractivity contribution in [2.45, 2.75) is 6.92 Å². The molecule has 0 aliphatic rings. The van der Waals surface area contributed by atoms with Gasteiger partial charge < -0.3 is 15.2 Å². The number of esters is 1. The highest BCUT2D eigenvalue weighted by Crippen LogP contribution is 2.04. The van der Waals surface area contributed by atoms with E-state index in [1.807, 2.05) is 37.3 Å². The van der Waals surface area contributed by atoms with Crippen molar-refractivity contribution in [3.63, 3.8) is 0 Å². The largest absolute Gasteiger partial charge is 0.464 e. The molecular formula is C12H17NO3. The molecule has 1 atom stereocenters. The lowest BCUT2D eigenvalue weighted by Crippen LogP contribution is -2.20. The zero-order valence-electron chi connectivity index (χ0n) is 9.35. The molecule has 0 amide bonds. The van der Waals surface area contributed by atoms with Crippen LogP contribution in [-0.2, 0) is 9.53 Å². The average molecular weight is 223 g/mol. The summed E-state index contributed by atoms with van der Waals surface area (Å²) in [5, 5.41) is 11.7. The normalized spacial score (nSPS) is 11.9. The van der Waals surface area contributed by atoms with Gasteiger partial charge >= 0.3 is 5.97 Å². The van der Waals surface area contributed by atoms with Crippen molar-refractivity contribution < 1.29 is 14.6 Å². The van der Waals surface area contributed by atoms with Crippen LogP contribution in [0.1, 0.15) is 6.92 Å². The molecule has 0 aliphatic heterocycles.